The van der Waals surface area contributed by atoms with E-state index in [9.17, 15) is 4.79 Å². The first-order chi connectivity index (χ1) is 6.72. The van der Waals surface area contributed by atoms with Crippen LogP contribution < -0.4 is 5.73 Å². The van der Waals surface area contributed by atoms with Gasteiger partial charge < -0.3 is 10.1 Å². The molecule has 0 aliphatic rings. The second-order valence-electron chi connectivity index (χ2n) is 2.91. The maximum atomic E-state index is 11.1. The molecule has 2 N–H and O–H groups in total. The zero-order valence-corrected chi connectivity index (χ0v) is 7.47. The van der Waals surface area contributed by atoms with Crippen LogP contribution in [0.25, 0.3) is 11.7 Å². The molecule has 2 heterocycles. The SMILES string of the molecule is C=Cc1cc(C(N)=O)c2nccn2c1. The van der Waals surface area contributed by atoms with Crippen LogP contribution in [0.4, 0.5) is 0 Å². The van der Waals surface area contributed by atoms with Gasteiger partial charge in [0.1, 0.15) is 5.65 Å². The summed E-state index contributed by atoms with van der Waals surface area (Å²) in [5, 5.41) is 0. The van der Waals surface area contributed by atoms with Gasteiger partial charge >= 0.3 is 0 Å². The molecule has 2 rings (SSSR count). The highest BCUT2D eigenvalue weighted by Gasteiger charge is 2.08. The first-order valence-corrected chi connectivity index (χ1v) is 4.11. The Morgan fingerprint density at radius 3 is 3.07 bits per heavy atom. The van der Waals surface area contributed by atoms with Gasteiger partial charge in [-0.1, -0.05) is 12.7 Å². The number of hydrogen-bond acceptors (Lipinski definition) is 2. The number of nitrogens with zero attached hydrogens (tertiary/aromatic N) is 2. The fourth-order valence-corrected chi connectivity index (χ4v) is 1.35. The summed E-state index contributed by atoms with van der Waals surface area (Å²) < 4.78 is 1.75. The molecule has 1 amide bonds. The van der Waals surface area contributed by atoms with E-state index in [-0.39, 0.29) is 0 Å². The number of imidazole rings is 1. The highest BCUT2D eigenvalue weighted by molar-refractivity contribution is 5.99. The number of carbonyl (C=O) groups is 1. The molecule has 0 spiro atoms. The summed E-state index contributed by atoms with van der Waals surface area (Å²) in [6.45, 7) is 3.64. The normalized spacial score (nSPS) is 10.3. The van der Waals surface area contributed by atoms with Crippen molar-refractivity contribution >= 4 is 17.6 Å². The molecule has 14 heavy (non-hydrogen) atoms. The van der Waals surface area contributed by atoms with E-state index in [1.165, 1.54) is 0 Å². The van der Waals surface area contributed by atoms with Crippen molar-refractivity contribution in [3.05, 3.63) is 42.4 Å². The zero-order chi connectivity index (χ0) is 10.1. The minimum Gasteiger partial charge on any atom is -0.365 e. The Kier molecular flexibility index (Phi) is 1.81. The van der Waals surface area contributed by atoms with Crippen LogP contribution in [0.2, 0.25) is 0 Å². The van der Waals surface area contributed by atoms with Gasteiger partial charge in [0, 0.05) is 18.6 Å². The first-order valence-electron chi connectivity index (χ1n) is 4.11. The van der Waals surface area contributed by atoms with Crippen LogP contribution in [0.5, 0.6) is 0 Å². The lowest BCUT2D eigenvalue weighted by molar-refractivity contribution is 0.100. The summed E-state index contributed by atoms with van der Waals surface area (Å²) >= 11 is 0. The number of aromatic nitrogens is 2. The number of carbonyl (C=O) groups excluding carboxylic acids is 1. The van der Waals surface area contributed by atoms with Crippen LogP contribution in [0, 0.1) is 0 Å². The Balaban J connectivity index is 2.83. The highest BCUT2D eigenvalue weighted by Crippen LogP contribution is 2.12. The number of pyridine rings is 1. The van der Waals surface area contributed by atoms with E-state index in [1.54, 1.807) is 28.9 Å². The lowest BCUT2D eigenvalue weighted by Gasteiger charge is -2.01. The second-order valence-corrected chi connectivity index (χ2v) is 2.91. The zero-order valence-electron chi connectivity index (χ0n) is 7.47. The van der Waals surface area contributed by atoms with Crippen molar-refractivity contribution in [3.63, 3.8) is 0 Å². The molecule has 2 aromatic rings. The molecular weight excluding hydrogens is 178 g/mol. The van der Waals surface area contributed by atoms with Crippen molar-refractivity contribution in [2.24, 2.45) is 5.73 Å². The fourth-order valence-electron chi connectivity index (χ4n) is 1.35. The van der Waals surface area contributed by atoms with E-state index in [0.29, 0.717) is 11.2 Å². The molecule has 0 radical (unpaired) electrons. The quantitative estimate of drug-likeness (QED) is 0.764. The Morgan fingerprint density at radius 1 is 1.64 bits per heavy atom. The number of amides is 1. The average molecular weight is 187 g/mol. The third-order valence-corrected chi connectivity index (χ3v) is 2.01. The lowest BCUT2D eigenvalue weighted by atomic mass is 10.2. The molecular formula is C10H9N3O. The van der Waals surface area contributed by atoms with Crippen molar-refractivity contribution in [2.45, 2.75) is 0 Å². The maximum absolute atomic E-state index is 11.1. The molecule has 4 nitrogen and oxygen atoms in total. The summed E-state index contributed by atoms with van der Waals surface area (Å²) in [5.74, 6) is -0.482. The molecule has 70 valence electrons. The van der Waals surface area contributed by atoms with Gasteiger partial charge in [0.05, 0.1) is 5.56 Å². The Hall–Kier alpha value is -2.10. The van der Waals surface area contributed by atoms with Gasteiger partial charge in [-0.25, -0.2) is 4.98 Å². The largest absolute Gasteiger partial charge is 0.365 e. The van der Waals surface area contributed by atoms with Crippen molar-refractivity contribution < 1.29 is 4.79 Å². The Bertz CT molecular complexity index is 513. The predicted molar refractivity (Wildman–Crippen MR) is 53.8 cm³/mol. The Labute approximate surface area is 80.7 Å². The summed E-state index contributed by atoms with van der Waals surface area (Å²) in [4.78, 5) is 15.2. The van der Waals surface area contributed by atoms with Gasteiger partial charge in [0.15, 0.2) is 0 Å². The van der Waals surface area contributed by atoms with Crippen LogP contribution >= 0.6 is 0 Å². The summed E-state index contributed by atoms with van der Waals surface area (Å²) in [6, 6.07) is 1.68. The predicted octanol–water partition coefficient (Wildman–Crippen LogP) is 1.08. The number of nitrogens with two attached hydrogens (primary N) is 1. The molecule has 0 fully saturated rings. The molecule has 0 atom stereocenters. The molecule has 0 aliphatic heterocycles. The maximum Gasteiger partial charge on any atom is 0.252 e. The third kappa shape index (κ3) is 1.17. The van der Waals surface area contributed by atoms with Crippen LogP contribution in [-0.4, -0.2) is 15.3 Å². The van der Waals surface area contributed by atoms with Crippen LogP contribution in [-0.2, 0) is 0 Å². The van der Waals surface area contributed by atoms with E-state index in [1.807, 2.05) is 6.20 Å². The monoisotopic (exact) mass is 187 g/mol. The smallest absolute Gasteiger partial charge is 0.252 e. The van der Waals surface area contributed by atoms with E-state index in [2.05, 4.69) is 11.6 Å². The van der Waals surface area contributed by atoms with Crippen molar-refractivity contribution in [1.82, 2.24) is 9.38 Å². The standard InChI is InChI=1S/C10H9N3O/c1-2-7-5-8(9(11)14)10-12-3-4-13(10)6-7/h2-6H,1H2,(H2,11,14). The van der Waals surface area contributed by atoms with Gasteiger partial charge in [0.2, 0.25) is 0 Å². The number of rotatable bonds is 2. The van der Waals surface area contributed by atoms with Gasteiger partial charge in [-0.2, -0.15) is 0 Å². The van der Waals surface area contributed by atoms with Crippen LogP contribution in [0.3, 0.4) is 0 Å². The van der Waals surface area contributed by atoms with Crippen molar-refractivity contribution in [1.29, 1.82) is 0 Å². The first kappa shape index (κ1) is 8.50. The topological polar surface area (TPSA) is 60.4 Å². The molecule has 0 unspecified atom stereocenters. The van der Waals surface area contributed by atoms with Crippen LogP contribution in [0.1, 0.15) is 15.9 Å². The molecule has 2 aromatic heterocycles. The van der Waals surface area contributed by atoms with E-state index < -0.39 is 5.91 Å². The van der Waals surface area contributed by atoms with E-state index in [4.69, 9.17) is 5.73 Å². The molecule has 4 heteroatoms. The Morgan fingerprint density at radius 2 is 2.43 bits per heavy atom. The molecule has 0 aliphatic carbocycles. The lowest BCUT2D eigenvalue weighted by Crippen LogP contribution is -2.13. The molecule has 0 bridgehead atoms. The van der Waals surface area contributed by atoms with Gasteiger partial charge in [-0.05, 0) is 11.6 Å². The number of primary amides is 1. The number of fused-ring (bicyclic) bond motifs is 1. The van der Waals surface area contributed by atoms with Gasteiger partial charge in [0.25, 0.3) is 5.91 Å². The molecule has 0 aromatic carbocycles. The number of hydrogen-bond donors (Lipinski definition) is 1. The molecule has 0 saturated carbocycles. The third-order valence-electron chi connectivity index (χ3n) is 2.01. The molecule has 0 saturated heterocycles. The van der Waals surface area contributed by atoms with Crippen molar-refractivity contribution in [2.75, 3.05) is 0 Å². The van der Waals surface area contributed by atoms with Gasteiger partial charge in [-0.3, -0.25) is 4.79 Å². The summed E-state index contributed by atoms with van der Waals surface area (Å²) in [6.07, 6.45) is 6.87. The minimum absolute atomic E-state index is 0.410. The van der Waals surface area contributed by atoms with E-state index >= 15 is 0 Å². The summed E-state index contributed by atoms with van der Waals surface area (Å²) in [5.41, 5.74) is 7.06. The second kappa shape index (κ2) is 2.99. The van der Waals surface area contributed by atoms with E-state index in [0.717, 1.165) is 5.56 Å². The fraction of sp³-hybridized carbons (Fsp3) is 0. The van der Waals surface area contributed by atoms with Crippen LogP contribution in [0.15, 0.2) is 31.2 Å². The summed E-state index contributed by atoms with van der Waals surface area (Å²) in [7, 11) is 0. The van der Waals surface area contributed by atoms with Crippen molar-refractivity contribution in [3.8, 4) is 0 Å². The highest BCUT2D eigenvalue weighted by atomic mass is 16.1. The van der Waals surface area contributed by atoms with Gasteiger partial charge in [-0.15, -0.1) is 0 Å². The average Bonchev–Trinajstić information content (AvgIpc) is 2.63. The minimum atomic E-state index is -0.482.